The number of rotatable bonds is 7. The Morgan fingerprint density at radius 2 is 1.00 bits per heavy atom. The summed E-state index contributed by atoms with van der Waals surface area (Å²) in [4.78, 5) is 18.4. The van der Waals surface area contributed by atoms with Crippen LogP contribution >= 0.6 is 7.14 Å². The largest absolute Gasteiger partial charge is 2.00 e. The van der Waals surface area contributed by atoms with E-state index in [9.17, 15) is 0 Å². The molecule has 6 aromatic carbocycles. The molecule has 12 rings (SSSR count). The number of nitrogens with zero attached hydrogens (tertiary/aromatic N) is 6. The summed E-state index contributed by atoms with van der Waals surface area (Å²) in [7, 11) is -3.31. The third-order valence-electron chi connectivity index (χ3n) is 10.9. The molecule has 1 atom stereocenters. The van der Waals surface area contributed by atoms with E-state index in [1.54, 1.807) is 30.9 Å². The fraction of sp³-hybridized carbons (Fsp3) is 0. The summed E-state index contributed by atoms with van der Waals surface area (Å²) in [6.45, 7) is 0. The number of benzene rings is 6. The Kier molecular flexibility index (Phi) is 10.1. The van der Waals surface area contributed by atoms with Gasteiger partial charge in [0.15, 0.2) is 7.14 Å². The van der Waals surface area contributed by atoms with Crippen LogP contribution in [0, 0.1) is 24.3 Å². The Hall–Kier alpha value is -6.49. The maximum Gasteiger partial charge on any atom is 2.00 e. The number of aromatic nitrogens is 6. The van der Waals surface area contributed by atoms with Gasteiger partial charge in [-0.25, -0.2) is 15.0 Å². The van der Waals surface area contributed by atoms with Crippen LogP contribution in [0.15, 0.2) is 164 Å². The van der Waals surface area contributed by atoms with Gasteiger partial charge in [0, 0.05) is 58.6 Å². The average molecular weight is 1180 g/mol. The van der Waals surface area contributed by atoms with E-state index in [0.717, 1.165) is 54.8 Å². The number of hydrogen-bond acceptors (Lipinski definition) is 7. The van der Waals surface area contributed by atoms with Gasteiger partial charge in [0.25, 0.3) is 0 Å². The zero-order chi connectivity index (χ0) is 39.8. The molecule has 0 bridgehead atoms. The Labute approximate surface area is 384 Å². The molecule has 1 aliphatic heterocycles. The number of para-hydroxylation sites is 1. The Morgan fingerprint density at radius 1 is 0.452 bits per heavy atom. The Bertz CT molecular complexity index is 3550. The molecule has 62 heavy (non-hydrogen) atoms. The van der Waals surface area contributed by atoms with Crippen molar-refractivity contribution in [2.45, 2.75) is 0 Å². The molecule has 0 saturated heterocycles. The first-order valence-electron chi connectivity index (χ1n) is 19.2. The molecule has 0 aliphatic carbocycles. The molecule has 0 saturated carbocycles. The molecule has 5 aromatic heterocycles. The minimum absolute atomic E-state index is 0. The van der Waals surface area contributed by atoms with Crippen molar-refractivity contribution in [1.82, 2.24) is 29.1 Å². The van der Waals surface area contributed by atoms with Gasteiger partial charge in [0.2, 0.25) is 5.95 Å². The minimum Gasteiger partial charge on any atom is -0.509 e. The molecule has 300 valence electrons. The quantitative estimate of drug-likeness (QED) is 0.116. The van der Waals surface area contributed by atoms with Gasteiger partial charge in [-0.1, -0.05) is 82.0 Å². The fourth-order valence-corrected chi connectivity index (χ4v) is 11.2. The van der Waals surface area contributed by atoms with E-state index < -0.39 is 7.14 Å². The van der Waals surface area contributed by atoms with E-state index in [0.29, 0.717) is 50.7 Å². The molecular weight excluding hydrogens is 1150 g/mol. The zero-order valence-electron chi connectivity index (χ0n) is 32.1. The second-order valence-corrected chi connectivity index (χ2v) is 16.9. The van der Waals surface area contributed by atoms with E-state index >= 15 is 4.57 Å². The van der Waals surface area contributed by atoms with Crippen molar-refractivity contribution in [2.75, 3.05) is 0 Å². The van der Waals surface area contributed by atoms with Crippen molar-refractivity contribution < 1.29 is 56.2 Å². The summed E-state index contributed by atoms with van der Waals surface area (Å²) in [5, 5.41) is 5.27. The smallest absolute Gasteiger partial charge is 0.509 e. The van der Waals surface area contributed by atoms with Gasteiger partial charge in [-0.2, -0.15) is 35.0 Å². The van der Waals surface area contributed by atoms with Crippen LogP contribution < -0.4 is 25.5 Å². The summed E-state index contributed by atoms with van der Waals surface area (Å²) in [6, 6.07) is 58.6. The maximum absolute atomic E-state index is 15.1. The topological polar surface area (TPSA) is 97.0 Å². The van der Waals surface area contributed by atoms with Crippen molar-refractivity contribution in [3.05, 3.63) is 189 Å². The van der Waals surface area contributed by atoms with Gasteiger partial charge in [0.05, 0.1) is 0 Å². The molecular formula is C50H27N6O3PPt2. The third kappa shape index (κ3) is 6.26. The maximum atomic E-state index is 15.1. The van der Waals surface area contributed by atoms with Crippen LogP contribution in [0.3, 0.4) is 0 Å². The normalized spacial score (nSPS) is 14.0. The van der Waals surface area contributed by atoms with Gasteiger partial charge in [-0.3, -0.25) is 4.98 Å². The van der Waals surface area contributed by atoms with E-state index in [1.165, 1.54) is 0 Å². The van der Waals surface area contributed by atoms with Gasteiger partial charge in [-0.15, -0.1) is 59.5 Å². The third-order valence-corrected chi connectivity index (χ3v) is 13.8. The van der Waals surface area contributed by atoms with Crippen molar-refractivity contribution >= 4 is 66.8 Å². The molecule has 12 heteroatoms. The van der Waals surface area contributed by atoms with Crippen LogP contribution in [0.25, 0.3) is 66.5 Å². The second kappa shape index (κ2) is 15.8. The van der Waals surface area contributed by atoms with Crippen LogP contribution in [-0.2, 0) is 46.7 Å². The number of pyridine rings is 2. The SMILES string of the molecule is O=P1(c2ccccn2)c2[c-]c(Oc3[c-]c4c(cc3)c3ccc(Oc5[c-]c6c(cc5)c5ccccc5n6-c5ccccn5)[c-]c3n4-c3ncccn3)ccc2-c2ccccc21.[Pt+2].[Pt+2]. The molecule has 0 N–H and O–H groups in total. The summed E-state index contributed by atoms with van der Waals surface area (Å²) in [5.41, 5.74) is 5.54. The predicted molar refractivity (Wildman–Crippen MR) is 233 cm³/mol. The molecule has 0 spiro atoms. The van der Waals surface area contributed by atoms with E-state index in [-0.39, 0.29) is 42.1 Å². The van der Waals surface area contributed by atoms with Gasteiger partial charge < -0.3 is 23.2 Å². The summed E-state index contributed by atoms with van der Waals surface area (Å²) >= 11 is 0. The number of ether oxygens (including phenoxy) is 2. The van der Waals surface area contributed by atoms with Crippen LogP contribution in [0.2, 0.25) is 0 Å². The summed E-state index contributed by atoms with van der Waals surface area (Å²) < 4.78 is 32.0. The number of fused-ring (bicyclic) bond motifs is 9. The Morgan fingerprint density at radius 3 is 1.66 bits per heavy atom. The predicted octanol–water partition coefficient (Wildman–Crippen LogP) is 9.86. The zero-order valence-corrected chi connectivity index (χ0v) is 37.5. The molecule has 1 unspecified atom stereocenters. The number of hydrogen-bond donors (Lipinski definition) is 0. The molecule has 0 radical (unpaired) electrons. The van der Waals surface area contributed by atoms with Gasteiger partial charge >= 0.3 is 42.1 Å². The van der Waals surface area contributed by atoms with E-state index in [2.05, 4.69) is 67.0 Å². The first-order chi connectivity index (χ1) is 29.6. The Balaban J connectivity index is 0.00000229. The van der Waals surface area contributed by atoms with Gasteiger partial charge in [-0.05, 0) is 41.8 Å². The summed E-state index contributed by atoms with van der Waals surface area (Å²) in [5.74, 6) is 3.09. The van der Waals surface area contributed by atoms with Crippen molar-refractivity contribution in [3.63, 3.8) is 0 Å². The standard InChI is InChI=1S/C50H27N6O3P.2Pt/c57-60(49-15-6-8-25-52-49)46-13-4-2-11-40(46)41-23-19-35(31-47(41)60)59-34-18-22-39-38-21-17-33(29-44(38)56(45(39)30-34)50-53-26-9-27-54-50)58-32-16-20-37-36-10-1-3-12-42(36)55(43(37)28-32)48-14-5-7-24-51-48;;/h1-27H;;/q-4;2*+2. The van der Waals surface area contributed by atoms with Crippen LogP contribution in [-0.4, -0.2) is 29.1 Å². The van der Waals surface area contributed by atoms with Crippen molar-refractivity contribution in [1.29, 1.82) is 0 Å². The van der Waals surface area contributed by atoms with Crippen LogP contribution in [0.4, 0.5) is 0 Å². The second-order valence-electron chi connectivity index (χ2n) is 14.3. The van der Waals surface area contributed by atoms with Crippen molar-refractivity contribution in [2.24, 2.45) is 0 Å². The molecule has 6 heterocycles. The first kappa shape index (κ1) is 39.6. The fourth-order valence-electron chi connectivity index (χ4n) is 8.31. The molecule has 9 nitrogen and oxygen atoms in total. The molecule has 0 fully saturated rings. The van der Waals surface area contributed by atoms with E-state index in [4.69, 9.17) is 9.47 Å². The monoisotopic (exact) mass is 1180 g/mol. The van der Waals surface area contributed by atoms with Crippen molar-refractivity contribution in [3.8, 4) is 45.9 Å². The van der Waals surface area contributed by atoms with Gasteiger partial charge in [0.1, 0.15) is 11.3 Å². The average Bonchev–Trinajstić information content (AvgIpc) is 3.90. The molecule has 11 aromatic rings. The van der Waals surface area contributed by atoms with E-state index in [1.807, 2.05) is 120 Å². The summed E-state index contributed by atoms with van der Waals surface area (Å²) in [6.07, 6.45) is 6.85. The minimum atomic E-state index is -3.31. The molecule has 1 aliphatic rings. The van der Waals surface area contributed by atoms with Crippen LogP contribution in [0.5, 0.6) is 23.0 Å². The first-order valence-corrected chi connectivity index (χ1v) is 20.9. The van der Waals surface area contributed by atoms with Crippen LogP contribution in [0.1, 0.15) is 0 Å². The molecule has 0 amide bonds.